The van der Waals surface area contributed by atoms with E-state index in [-0.39, 0.29) is 0 Å². The van der Waals surface area contributed by atoms with E-state index in [1.165, 1.54) is 16.8 Å². The Labute approximate surface area is 152 Å². The molecule has 2 rings (SSSR count). The predicted octanol–water partition coefficient (Wildman–Crippen LogP) is 6.57. The molecule has 1 aliphatic carbocycles. The van der Waals surface area contributed by atoms with Crippen LogP contribution in [-0.2, 0) is 0 Å². The van der Waals surface area contributed by atoms with Crippen LogP contribution in [0, 0.1) is 5.92 Å². The van der Waals surface area contributed by atoms with Crippen molar-refractivity contribution in [1.82, 2.24) is 5.32 Å². The maximum absolute atomic E-state index is 3.82. The Kier molecular flexibility index (Phi) is 8.34. The van der Waals surface area contributed by atoms with Crippen LogP contribution in [0.3, 0.4) is 0 Å². The Balaban J connectivity index is 1.87. The molecular weight excluding hydrogens is 302 g/mol. The maximum Gasteiger partial charge on any atom is 0.0418 e. The zero-order valence-corrected chi connectivity index (χ0v) is 15.2. The second-order valence-electron chi connectivity index (χ2n) is 6.16. The first-order valence-corrected chi connectivity index (χ1v) is 9.13. The highest BCUT2D eigenvalue weighted by Gasteiger charge is 2.10. The lowest BCUT2D eigenvalue weighted by atomic mass is 9.98. The zero-order valence-electron chi connectivity index (χ0n) is 15.2. The summed E-state index contributed by atoms with van der Waals surface area (Å²) in [5.41, 5.74) is 3.73. The molecule has 1 aliphatic rings. The minimum atomic E-state index is 0.573. The van der Waals surface area contributed by atoms with Gasteiger partial charge in [-0.1, -0.05) is 72.9 Å². The molecule has 1 heteroatoms. The van der Waals surface area contributed by atoms with Crippen molar-refractivity contribution in [3.63, 3.8) is 0 Å². The summed E-state index contributed by atoms with van der Waals surface area (Å²) >= 11 is 0. The smallest absolute Gasteiger partial charge is 0.0418 e. The summed E-state index contributed by atoms with van der Waals surface area (Å²) in [7, 11) is 0. The molecule has 1 nitrogen and oxygen atoms in total. The van der Waals surface area contributed by atoms with Crippen LogP contribution in [0.15, 0.2) is 97.4 Å². The Morgan fingerprint density at radius 2 is 2.00 bits per heavy atom. The summed E-state index contributed by atoms with van der Waals surface area (Å²) < 4.78 is 0. The Morgan fingerprint density at radius 3 is 2.76 bits per heavy atom. The van der Waals surface area contributed by atoms with Gasteiger partial charge in [0.1, 0.15) is 0 Å². The third kappa shape index (κ3) is 6.46. The van der Waals surface area contributed by atoms with Gasteiger partial charge in [0, 0.05) is 17.5 Å². The topological polar surface area (TPSA) is 12.0 Å². The van der Waals surface area contributed by atoms with Crippen LogP contribution < -0.4 is 5.32 Å². The summed E-state index contributed by atoms with van der Waals surface area (Å²) in [6.07, 6.45) is 23.7. The number of hydrogen-bond acceptors (Lipinski definition) is 1. The summed E-state index contributed by atoms with van der Waals surface area (Å²) in [6.45, 7) is 5.90. The summed E-state index contributed by atoms with van der Waals surface area (Å²) in [5, 5.41) is 3.42. The molecule has 1 aromatic rings. The molecule has 0 heterocycles. The molecule has 0 fully saturated rings. The van der Waals surface area contributed by atoms with Crippen LogP contribution in [0.1, 0.15) is 38.2 Å². The molecule has 0 saturated heterocycles. The average molecular weight is 332 g/mol. The fourth-order valence-electron chi connectivity index (χ4n) is 2.89. The zero-order chi connectivity index (χ0) is 17.7. The molecule has 0 amide bonds. The van der Waals surface area contributed by atoms with Crippen molar-refractivity contribution >= 4 is 5.57 Å². The minimum absolute atomic E-state index is 0.573. The molecular formula is C24H29N. The van der Waals surface area contributed by atoms with Gasteiger partial charge in [0.25, 0.3) is 0 Å². The van der Waals surface area contributed by atoms with Crippen molar-refractivity contribution in [2.24, 2.45) is 5.92 Å². The second-order valence-corrected chi connectivity index (χ2v) is 6.16. The lowest BCUT2D eigenvalue weighted by Gasteiger charge is -2.09. The van der Waals surface area contributed by atoms with Gasteiger partial charge in [0.05, 0.1) is 0 Å². The fourth-order valence-corrected chi connectivity index (χ4v) is 2.89. The SMILES string of the molecule is C=CCCC(/C=C/C=C/NC1=CCC=C1c1ccccc1)C/C=C\C. The molecule has 0 radical (unpaired) electrons. The molecule has 1 N–H and O–H groups in total. The molecule has 1 unspecified atom stereocenters. The van der Waals surface area contributed by atoms with E-state index in [2.05, 4.69) is 91.7 Å². The van der Waals surface area contributed by atoms with Crippen LogP contribution in [-0.4, -0.2) is 0 Å². The highest BCUT2D eigenvalue weighted by Crippen LogP contribution is 2.27. The highest BCUT2D eigenvalue weighted by atomic mass is 14.9. The molecule has 0 spiro atoms. The number of hydrogen-bond donors (Lipinski definition) is 1. The van der Waals surface area contributed by atoms with Gasteiger partial charge >= 0.3 is 0 Å². The largest absolute Gasteiger partial charge is 0.361 e. The standard InChI is InChI=1S/C24H29N/c1-3-5-13-21(14-6-4-2)15-10-11-20-25-24-19-12-18-23(24)22-16-8-7-9-17-22/h3-4,6-11,15-21,25H,1,5,12-14H2,2H3/b6-4-,15-10+,20-11+. The van der Waals surface area contributed by atoms with Gasteiger partial charge in [-0.05, 0) is 50.2 Å². The van der Waals surface area contributed by atoms with E-state index >= 15 is 0 Å². The van der Waals surface area contributed by atoms with Gasteiger partial charge < -0.3 is 5.32 Å². The fraction of sp³-hybridized carbons (Fsp3) is 0.250. The van der Waals surface area contributed by atoms with E-state index in [0.717, 1.165) is 25.7 Å². The third-order valence-electron chi connectivity index (χ3n) is 4.26. The van der Waals surface area contributed by atoms with E-state index in [4.69, 9.17) is 0 Å². The lowest BCUT2D eigenvalue weighted by Crippen LogP contribution is -2.04. The van der Waals surface area contributed by atoms with E-state index in [1.54, 1.807) is 0 Å². The summed E-state index contributed by atoms with van der Waals surface area (Å²) in [6, 6.07) is 10.5. The minimum Gasteiger partial charge on any atom is -0.361 e. The number of allylic oxidation sites excluding steroid dienone is 9. The van der Waals surface area contributed by atoms with Crippen LogP contribution in [0.2, 0.25) is 0 Å². The van der Waals surface area contributed by atoms with Crippen molar-refractivity contribution in [2.45, 2.75) is 32.6 Å². The first-order valence-electron chi connectivity index (χ1n) is 9.13. The van der Waals surface area contributed by atoms with Crippen LogP contribution >= 0.6 is 0 Å². The molecule has 0 aliphatic heterocycles. The first kappa shape index (κ1) is 18.8. The van der Waals surface area contributed by atoms with Gasteiger partial charge in [-0.3, -0.25) is 0 Å². The van der Waals surface area contributed by atoms with E-state index in [9.17, 15) is 0 Å². The average Bonchev–Trinajstić information content (AvgIpc) is 3.12. The van der Waals surface area contributed by atoms with Gasteiger partial charge in [-0.25, -0.2) is 0 Å². The molecule has 0 bridgehead atoms. The lowest BCUT2D eigenvalue weighted by molar-refractivity contribution is 0.607. The number of benzene rings is 1. The molecule has 130 valence electrons. The van der Waals surface area contributed by atoms with Crippen LogP contribution in [0.4, 0.5) is 0 Å². The Bertz CT molecular complexity index is 671. The van der Waals surface area contributed by atoms with Crippen molar-refractivity contribution in [1.29, 1.82) is 0 Å². The first-order chi connectivity index (χ1) is 12.3. The molecule has 1 atom stereocenters. The van der Waals surface area contributed by atoms with Crippen LogP contribution in [0.25, 0.3) is 5.57 Å². The normalized spacial score (nSPS) is 15.7. The van der Waals surface area contributed by atoms with E-state index in [1.807, 2.05) is 12.3 Å². The van der Waals surface area contributed by atoms with Gasteiger partial charge in [0.15, 0.2) is 0 Å². The van der Waals surface area contributed by atoms with Gasteiger partial charge in [0.2, 0.25) is 0 Å². The predicted molar refractivity (Wildman–Crippen MR) is 111 cm³/mol. The van der Waals surface area contributed by atoms with Crippen molar-refractivity contribution in [2.75, 3.05) is 0 Å². The van der Waals surface area contributed by atoms with E-state index in [0.29, 0.717) is 5.92 Å². The molecule has 0 aromatic heterocycles. The summed E-state index contributed by atoms with van der Waals surface area (Å²) in [5.74, 6) is 0.573. The highest BCUT2D eigenvalue weighted by molar-refractivity contribution is 5.80. The van der Waals surface area contributed by atoms with Crippen LogP contribution in [0.5, 0.6) is 0 Å². The maximum atomic E-state index is 3.82. The second kappa shape index (κ2) is 11.1. The molecule has 1 aromatic carbocycles. The number of rotatable bonds is 10. The molecule has 25 heavy (non-hydrogen) atoms. The summed E-state index contributed by atoms with van der Waals surface area (Å²) in [4.78, 5) is 0. The van der Waals surface area contributed by atoms with E-state index < -0.39 is 0 Å². The van der Waals surface area contributed by atoms with Gasteiger partial charge in [-0.2, -0.15) is 0 Å². The van der Waals surface area contributed by atoms with Gasteiger partial charge in [-0.15, -0.1) is 6.58 Å². The Morgan fingerprint density at radius 1 is 1.16 bits per heavy atom. The molecule has 0 saturated carbocycles. The number of nitrogens with one attached hydrogen (secondary N) is 1. The van der Waals surface area contributed by atoms with Crippen molar-refractivity contribution in [3.05, 3.63) is 103 Å². The Hall–Kier alpha value is -2.54. The monoisotopic (exact) mass is 331 g/mol. The van der Waals surface area contributed by atoms with Crippen molar-refractivity contribution < 1.29 is 0 Å². The third-order valence-corrected chi connectivity index (χ3v) is 4.26. The quantitative estimate of drug-likeness (QED) is 0.378. The van der Waals surface area contributed by atoms with Crippen molar-refractivity contribution in [3.8, 4) is 0 Å².